The van der Waals surface area contributed by atoms with Crippen LogP contribution in [-0.2, 0) is 0 Å². The van der Waals surface area contributed by atoms with Crippen LogP contribution >= 0.6 is 0 Å². The van der Waals surface area contributed by atoms with Crippen LogP contribution in [0.15, 0.2) is 60.8 Å². The number of rotatable bonds is 4. The Labute approximate surface area is 123 Å². The van der Waals surface area contributed by atoms with Gasteiger partial charge in [-0.25, -0.2) is 4.39 Å². The second kappa shape index (κ2) is 5.92. The van der Waals surface area contributed by atoms with E-state index in [2.05, 4.69) is 23.3 Å². The number of anilines is 1. The first-order valence-electron chi connectivity index (χ1n) is 7.13. The highest BCUT2D eigenvalue weighted by atomic mass is 19.1. The van der Waals surface area contributed by atoms with Crippen molar-refractivity contribution in [1.29, 1.82) is 0 Å². The third-order valence-electron chi connectivity index (χ3n) is 3.61. The Hall–Kier alpha value is -2.42. The van der Waals surface area contributed by atoms with E-state index in [1.165, 1.54) is 12.1 Å². The molecule has 0 saturated heterocycles. The Kier molecular flexibility index (Phi) is 3.82. The molecule has 0 spiro atoms. The lowest BCUT2D eigenvalue weighted by Crippen LogP contribution is -2.09. The molecule has 2 nitrogen and oxygen atoms in total. The van der Waals surface area contributed by atoms with Gasteiger partial charge in [0, 0.05) is 5.39 Å². The molecule has 1 N–H and O–H groups in total. The molecule has 1 heterocycles. The molecule has 0 aliphatic heterocycles. The zero-order valence-corrected chi connectivity index (χ0v) is 11.9. The summed E-state index contributed by atoms with van der Waals surface area (Å²) >= 11 is 0. The summed E-state index contributed by atoms with van der Waals surface area (Å²) in [6, 6.07) is 16.9. The van der Waals surface area contributed by atoms with E-state index < -0.39 is 0 Å². The number of hydrogen-bond acceptors (Lipinski definition) is 2. The highest BCUT2D eigenvalue weighted by Gasteiger charge is 2.09. The Morgan fingerprint density at radius 1 is 1.10 bits per heavy atom. The van der Waals surface area contributed by atoms with E-state index in [1.54, 1.807) is 0 Å². The number of hydrogen-bond donors (Lipinski definition) is 1. The number of aromatic nitrogens is 1. The van der Waals surface area contributed by atoms with E-state index in [1.807, 2.05) is 42.6 Å². The van der Waals surface area contributed by atoms with E-state index in [9.17, 15) is 4.39 Å². The Bertz CT molecular complexity index is 738. The highest BCUT2D eigenvalue weighted by molar-refractivity contribution is 5.81. The molecule has 0 bridgehead atoms. The topological polar surface area (TPSA) is 24.9 Å². The molecule has 1 aromatic heterocycles. The van der Waals surface area contributed by atoms with Crippen LogP contribution in [0, 0.1) is 5.82 Å². The van der Waals surface area contributed by atoms with Crippen molar-refractivity contribution in [2.75, 3.05) is 5.32 Å². The lowest BCUT2D eigenvalue weighted by Gasteiger charge is -2.19. The first kappa shape index (κ1) is 13.6. The van der Waals surface area contributed by atoms with Crippen LogP contribution in [0.5, 0.6) is 0 Å². The molecule has 106 valence electrons. The molecule has 21 heavy (non-hydrogen) atoms. The monoisotopic (exact) mass is 280 g/mol. The number of benzene rings is 2. The van der Waals surface area contributed by atoms with E-state index in [0.29, 0.717) is 0 Å². The van der Waals surface area contributed by atoms with Crippen LogP contribution < -0.4 is 5.32 Å². The van der Waals surface area contributed by atoms with Gasteiger partial charge in [-0.1, -0.05) is 37.3 Å². The van der Waals surface area contributed by atoms with Crippen molar-refractivity contribution in [3.8, 4) is 0 Å². The molecule has 0 fully saturated rings. The number of para-hydroxylation sites is 1. The maximum Gasteiger partial charge on any atom is 0.123 e. The molecule has 3 aromatic rings. The number of nitrogens with zero attached hydrogens (tertiary/aromatic N) is 1. The minimum absolute atomic E-state index is 0.147. The molecule has 0 aliphatic rings. The second-order valence-corrected chi connectivity index (χ2v) is 5.07. The van der Waals surface area contributed by atoms with Crippen molar-refractivity contribution in [3.05, 3.63) is 72.2 Å². The van der Waals surface area contributed by atoms with Crippen molar-refractivity contribution in [3.63, 3.8) is 0 Å². The normalized spacial score (nSPS) is 12.3. The largest absolute Gasteiger partial charge is 0.377 e. The first-order valence-corrected chi connectivity index (χ1v) is 7.13. The fourth-order valence-corrected chi connectivity index (χ4v) is 2.47. The van der Waals surface area contributed by atoms with Crippen LogP contribution in [0.25, 0.3) is 10.9 Å². The van der Waals surface area contributed by atoms with Gasteiger partial charge in [0.15, 0.2) is 0 Å². The molecular formula is C18H17FN2. The maximum absolute atomic E-state index is 13.0. The van der Waals surface area contributed by atoms with E-state index >= 15 is 0 Å². The van der Waals surface area contributed by atoms with Crippen molar-refractivity contribution in [2.24, 2.45) is 0 Å². The quantitative estimate of drug-likeness (QED) is 0.732. The van der Waals surface area contributed by atoms with Crippen LogP contribution in [0.2, 0.25) is 0 Å². The molecule has 1 atom stereocenters. The number of fused-ring (bicyclic) bond motifs is 1. The molecule has 3 rings (SSSR count). The van der Waals surface area contributed by atoms with Crippen LogP contribution in [-0.4, -0.2) is 4.98 Å². The molecule has 3 heteroatoms. The van der Waals surface area contributed by atoms with Gasteiger partial charge in [0.1, 0.15) is 5.82 Å². The van der Waals surface area contributed by atoms with Crippen molar-refractivity contribution in [2.45, 2.75) is 19.4 Å². The molecule has 1 unspecified atom stereocenters. The SMILES string of the molecule is CCC(Nc1cnc2ccccc2c1)c1ccc(F)cc1. The van der Waals surface area contributed by atoms with E-state index in [4.69, 9.17) is 0 Å². The zero-order chi connectivity index (χ0) is 14.7. The molecule has 0 saturated carbocycles. The van der Waals surface area contributed by atoms with Crippen molar-refractivity contribution < 1.29 is 4.39 Å². The predicted molar refractivity (Wildman–Crippen MR) is 84.8 cm³/mol. The molecule has 0 aliphatic carbocycles. The maximum atomic E-state index is 13.0. The number of nitrogens with one attached hydrogen (secondary N) is 1. The predicted octanol–water partition coefficient (Wildman–Crippen LogP) is 4.94. The summed E-state index contributed by atoms with van der Waals surface area (Å²) in [6.07, 6.45) is 2.76. The average Bonchev–Trinajstić information content (AvgIpc) is 2.53. The lowest BCUT2D eigenvalue weighted by atomic mass is 10.0. The van der Waals surface area contributed by atoms with Gasteiger partial charge in [0.2, 0.25) is 0 Å². The number of pyridine rings is 1. The molecule has 2 aromatic carbocycles. The standard InChI is InChI=1S/C18H17FN2/c1-2-17(13-7-9-15(19)10-8-13)21-16-11-14-5-3-4-6-18(14)20-12-16/h3-12,17,21H,2H2,1H3. The van der Waals surface area contributed by atoms with Crippen LogP contribution in [0.4, 0.5) is 10.1 Å². The number of halogens is 1. The fourth-order valence-electron chi connectivity index (χ4n) is 2.47. The summed E-state index contributed by atoms with van der Waals surface area (Å²) < 4.78 is 13.0. The third kappa shape index (κ3) is 3.02. The summed E-state index contributed by atoms with van der Waals surface area (Å²) in [4.78, 5) is 4.45. The lowest BCUT2D eigenvalue weighted by molar-refractivity contribution is 0.625. The van der Waals surface area contributed by atoms with Gasteiger partial charge in [-0.05, 0) is 36.2 Å². The first-order chi connectivity index (χ1) is 10.3. The minimum Gasteiger partial charge on any atom is -0.377 e. The second-order valence-electron chi connectivity index (χ2n) is 5.07. The summed E-state index contributed by atoms with van der Waals surface area (Å²) in [7, 11) is 0. The van der Waals surface area contributed by atoms with E-state index in [-0.39, 0.29) is 11.9 Å². The Morgan fingerprint density at radius 3 is 2.62 bits per heavy atom. The van der Waals surface area contributed by atoms with Gasteiger partial charge in [-0.2, -0.15) is 0 Å². The van der Waals surface area contributed by atoms with Gasteiger partial charge in [0.25, 0.3) is 0 Å². The molecule has 0 radical (unpaired) electrons. The Morgan fingerprint density at radius 2 is 1.86 bits per heavy atom. The minimum atomic E-state index is -0.207. The van der Waals surface area contributed by atoms with Gasteiger partial charge < -0.3 is 5.32 Å². The Balaban J connectivity index is 1.86. The summed E-state index contributed by atoms with van der Waals surface area (Å²) in [6.45, 7) is 2.11. The summed E-state index contributed by atoms with van der Waals surface area (Å²) in [5.74, 6) is -0.207. The van der Waals surface area contributed by atoms with E-state index in [0.717, 1.165) is 28.6 Å². The highest BCUT2D eigenvalue weighted by Crippen LogP contribution is 2.24. The van der Waals surface area contributed by atoms with Crippen LogP contribution in [0.1, 0.15) is 24.9 Å². The summed E-state index contributed by atoms with van der Waals surface area (Å²) in [5, 5.41) is 4.58. The third-order valence-corrected chi connectivity index (χ3v) is 3.61. The van der Waals surface area contributed by atoms with Crippen molar-refractivity contribution in [1.82, 2.24) is 4.98 Å². The van der Waals surface area contributed by atoms with Gasteiger partial charge in [0.05, 0.1) is 23.4 Å². The summed E-state index contributed by atoms with van der Waals surface area (Å²) in [5.41, 5.74) is 3.04. The van der Waals surface area contributed by atoms with Crippen molar-refractivity contribution >= 4 is 16.6 Å². The van der Waals surface area contributed by atoms with Crippen LogP contribution in [0.3, 0.4) is 0 Å². The fraction of sp³-hybridized carbons (Fsp3) is 0.167. The van der Waals surface area contributed by atoms with Gasteiger partial charge in [-0.3, -0.25) is 4.98 Å². The zero-order valence-electron chi connectivity index (χ0n) is 11.9. The van der Waals surface area contributed by atoms with Gasteiger partial charge >= 0.3 is 0 Å². The smallest absolute Gasteiger partial charge is 0.123 e. The molecule has 0 amide bonds. The van der Waals surface area contributed by atoms with Gasteiger partial charge in [-0.15, -0.1) is 0 Å². The molecular weight excluding hydrogens is 263 g/mol. The average molecular weight is 280 g/mol.